The second-order valence-electron chi connectivity index (χ2n) is 4.80. The second kappa shape index (κ2) is 8.48. The van der Waals surface area contributed by atoms with Gasteiger partial charge in [0.1, 0.15) is 0 Å². The predicted molar refractivity (Wildman–Crippen MR) is 78.5 cm³/mol. The lowest BCUT2D eigenvalue weighted by atomic mass is 10.2. The maximum Gasteiger partial charge on any atom is 0.252 e. The summed E-state index contributed by atoms with van der Waals surface area (Å²) >= 11 is 0. The molecule has 0 saturated carbocycles. The van der Waals surface area contributed by atoms with Crippen molar-refractivity contribution in [2.75, 3.05) is 39.0 Å². The summed E-state index contributed by atoms with van der Waals surface area (Å²) in [5.74, 6) is -0.0755. The number of nitrogens with one attached hydrogen (secondary N) is 2. The first-order valence-electron chi connectivity index (χ1n) is 6.75. The maximum atomic E-state index is 11.9. The molecule has 1 aromatic rings. The number of aromatic nitrogens is 1. The molecule has 0 radical (unpaired) electrons. The molecule has 5 heteroatoms. The normalized spacial score (nSPS) is 10.5. The van der Waals surface area contributed by atoms with Crippen molar-refractivity contribution in [1.82, 2.24) is 15.2 Å². The fraction of sp³-hybridized carbons (Fsp3) is 0.571. The molecule has 1 heterocycles. The Labute approximate surface area is 115 Å². The van der Waals surface area contributed by atoms with Gasteiger partial charge in [0.2, 0.25) is 0 Å². The number of carbonyl (C=O) groups is 1. The van der Waals surface area contributed by atoms with Gasteiger partial charge in [0.25, 0.3) is 5.91 Å². The highest BCUT2D eigenvalue weighted by Crippen LogP contribution is 2.08. The predicted octanol–water partition coefficient (Wildman–Crippen LogP) is 1.58. The highest BCUT2D eigenvalue weighted by atomic mass is 16.1. The van der Waals surface area contributed by atoms with Gasteiger partial charge >= 0.3 is 0 Å². The SMILES string of the molecule is CCCCNc1cncc(C(=O)NCCN(C)C)c1. The molecule has 1 rings (SSSR count). The average Bonchev–Trinajstić information content (AvgIpc) is 2.39. The number of pyridine rings is 1. The van der Waals surface area contributed by atoms with Crippen LogP contribution in [0.1, 0.15) is 30.1 Å². The monoisotopic (exact) mass is 264 g/mol. The standard InChI is InChI=1S/C14H24N4O/c1-4-5-6-16-13-9-12(10-15-11-13)14(19)17-7-8-18(2)3/h9-11,16H,4-8H2,1-3H3,(H,17,19). The lowest BCUT2D eigenvalue weighted by Crippen LogP contribution is -2.31. The van der Waals surface area contributed by atoms with Gasteiger partial charge in [-0.2, -0.15) is 0 Å². The summed E-state index contributed by atoms with van der Waals surface area (Å²) in [6.45, 7) is 4.52. The van der Waals surface area contributed by atoms with Crippen LogP contribution in [-0.2, 0) is 0 Å². The van der Waals surface area contributed by atoms with E-state index in [0.717, 1.165) is 31.6 Å². The van der Waals surface area contributed by atoms with E-state index in [-0.39, 0.29) is 5.91 Å². The number of carbonyl (C=O) groups excluding carboxylic acids is 1. The number of rotatable bonds is 8. The van der Waals surface area contributed by atoms with E-state index < -0.39 is 0 Å². The minimum absolute atomic E-state index is 0.0755. The van der Waals surface area contributed by atoms with Gasteiger partial charge in [-0.3, -0.25) is 9.78 Å². The molecule has 0 aliphatic rings. The first-order chi connectivity index (χ1) is 9.13. The first-order valence-corrected chi connectivity index (χ1v) is 6.75. The van der Waals surface area contributed by atoms with Crippen molar-refractivity contribution >= 4 is 11.6 Å². The summed E-state index contributed by atoms with van der Waals surface area (Å²) in [7, 11) is 3.96. The summed E-state index contributed by atoms with van der Waals surface area (Å²) in [4.78, 5) is 18.0. The van der Waals surface area contributed by atoms with E-state index in [1.165, 1.54) is 0 Å². The van der Waals surface area contributed by atoms with Crippen LogP contribution in [0.15, 0.2) is 18.5 Å². The molecule has 0 unspecified atom stereocenters. The molecule has 0 spiro atoms. The van der Waals surface area contributed by atoms with Crippen LogP contribution in [0.25, 0.3) is 0 Å². The van der Waals surface area contributed by atoms with E-state index in [2.05, 4.69) is 22.5 Å². The second-order valence-corrected chi connectivity index (χ2v) is 4.80. The van der Waals surface area contributed by atoms with Gasteiger partial charge < -0.3 is 15.5 Å². The minimum Gasteiger partial charge on any atom is -0.384 e. The fourth-order valence-electron chi connectivity index (χ4n) is 1.57. The van der Waals surface area contributed by atoms with Crippen molar-refractivity contribution < 1.29 is 4.79 Å². The van der Waals surface area contributed by atoms with E-state index in [1.54, 1.807) is 12.4 Å². The molecule has 0 aromatic carbocycles. The topological polar surface area (TPSA) is 57.3 Å². The van der Waals surface area contributed by atoms with Crippen LogP contribution in [-0.4, -0.2) is 49.5 Å². The average molecular weight is 264 g/mol. The summed E-state index contributed by atoms with van der Waals surface area (Å²) in [6.07, 6.45) is 5.59. The van der Waals surface area contributed by atoms with Crippen molar-refractivity contribution in [3.8, 4) is 0 Å². The zero-order valence-electron chi connectivity index (χ0n) is 12.1. The molecule has 19 heavy (non-hydrogen) atoms. The fourth-order valence-corrected chi connectivity index (χ4v) is 1.57. The van der Waals surface area contributed by atoms with E-state index >= 15 is 0 Å². The van der Waals surface area contributed by atoms with Crippen LogP contribution in [0.4, 0.5) is 5.69 Å². The Bertz CT molecular complexity index is 393. The Kier molecular flexibility index (Phi) is 6.89. The molecular formula is C14H24N4O. The summed E-state index contributed by atoms with van der Waals surface area (Å²) < 4.78 is 0. The summed E-state index contributed by atoms with van der Waals surface area (Å²) in [6, 6.07) is 1.84. The Morgan fingerprint density at radius 3 is 2.79 bits per heavy atom. The van der Waals surface area contributed by atoms with Crippen LogP contribution in [0.3, 0.4) is 0 Å². The molecule has 5 nitrogen and oxygen atoms in total. The Morgan fingerprint density at radius 2 is 2.11 bits per heavy atom. The molecule has 2 N–H and O–H groups in total. The number of likely N-dealkylation sites (N-methyl/N-ethyl adjacent to an activating group) is 1. The van der Waals surface area contributed by atoms with Crippen LogP contribution in [0.2, 0.25) is 0 Å². The molecule has 0 atom stereocenters. The highest BCUT2D eigenvalue weighted by molar-refractivity contribution is 5.94. The molecule has 0 aliphatic carbocycles. The van der Waals surface area contributed by atoms with E-state index in [4.69, 9.17) is 0 Å². The Balaban J connectivity index is 2.48. The van der Waals surface area contributed by atoms with Gasteiger partial charge in [0.15, 0.2) is 0 Å². The van der Waals surface area contributed by atoms with Gasteiger partial charge in [-0.15, -0.1) is 0 Å². The zero-order valence-corrected chi connectivity index (χ0v) is 12.1. The molecule has 0 aliphatic heterocycles. The van der Waals surface area contributed by atoms with Gasteiger partial charge in [-0.25, -0.2) is 0 Å². The summed E-state index contributed by atoms with van der Waals surface area (Å²) in [5.41, 5.74) is 1.49. The third-order valence-corrected chi connectivity index (χ3v) is 2.70. The van der Waals surface area contributed by atoms with Crippen LogP contribution in [0.5, 0.6) is 0 Å². The van der Waals surface area contributed by atoms with E-state index in [1.807, 2.05) is 25.1 Å². The minimum atomic E-state index is -0.0755. The first kappa shape index (κ1) is 15.4. The lowest BCUT2D eigenvalue weighted by molar-refractivity contribution is 0.0950. The highest BCUT2D eigenvalue weighted by Gasteiger charge is 2.06. The van der Waals surface area contributed by atoms with Crippen molar-refractivity contribution in [3.63, 3.8) is 0 Å². The number of amides is 1. The van der Waals surface area contributed by atoms with Gasteiger partial charge in [0, 0.05) is 32.0 Å². The smallest absolute Gasteiger partial charge is 0.252 e. The quantitative estimate of drug-likeness (QED) is 0.700. The van der Waals surface area contributed by atoms with Gasteiger partial charge in [0.05, 0.1) is 11.3 Å². The van der Waals surface area contributed by atoms with Gasteiger partial charge in [-0.05, 0) is 26.6 Å². The van der Waals surface area contributed by atoms with Crippen molar-refractivity contribution in [1.29, 1.82) is 0 Å². The van der Waals surface area contributed by atoms with Crippen molar-refractivity contribution in [3.05, 3.63) is 24.0 Å². The Morgan fingerprint density at radius 1 is 1.32 bits per heavy atom. The molecule has 1 amide bonds. The van der Waals surface area contributed by atoms with Gasteiger partial charge in [-0.1, -0.05) is 13.3 Å². The lowest BCUT2D eigenvalue weighted by Gasteiger charge is -2.11. The largest absolute Gasteiger partial charge is 0.384 e. The van der Waals surface area contributed by atoms with Crippen LogP contribution >= 0.6 is 0 Å². The molecule has 0 fully saturated rings. The Hall–Kier alpha value is -1.62. The van der Waals surface area contributed by atoms with Crippen LogP contribution < -0.4 is 10.6 Å². The molecule has 0 saturated heterocycles. The number of anilines is 1. The molecule has 0 bridgehead atoms. The number of hydrogen-bond acceptors (Lipinski definition) is 4. The summed E-state index contributed by atoms with van der Waals surface area (Å²) in [5, 5.41) is 6.14. The third kappa shape index (κ3) is 6.20. The van der Waals surface area contributed by atoms with Crippen molar-refractivity contribution in [2.24, 2.45) is 0 Å². The zero-order chi connectivity index (χ0) is 14.1. The van der Waals surface area contributed by atoms with E-state index in [0.29, 0.717) is 12.1 Å². The molecule has 1 aromatic heterocycles. The maximum absolute atomic E-state index is 11.9. The molecule has 106 valence electrons. The van der Waals surface area contributed by atoms with Crippen molar-refractivity contribution in [2.45, 2.75) is 19.8 Å². The van der Waals surface area contributed by atoms with E-state index in [9.17, 15) is 4.79 Å². The number of unbranched alkanes of at least 4 members (excludes halogenated alkanes) is 1. The molecular weight excluding hydrogens is 240 g/mol. The number of hydrogen-bond donors (Lipinski definition) is 2. The third-order valence-electron chi connectivity index (χ3n) is 2.70. The number of nitrogens with zero attached hydrogens (tertiary/aromatic N) is 2. The van der Waals surface area contributed by atoms with Crippen LogP contribution in [0, 0.1) is 0 Å².